The van der Waals surface area contributed by atoms with Gasteiger partial charge in [0.25, 0.3) is 0 Å². The molecule has 0 aliphatic heterocycles. The predicted molar refractivity (Wildman–Crippen MR) is 81.8 cm³/mol. The van der Waals surface area contributed by atoms with Crippen LogP contribution in [0.1, 0.15) is 11.3 Å². The largest absolute Gasteiger partial charge is 0.392 e. The van der Waals surface area contributed by atoms with E-state index in [0.29, 0.717) is 0 Å². The fraction of sp³-hybridized carbons (Fsp3) is 0.118. The molecule has 0 radical (unpaired) electrons. The van der Waals surface area contributed by atoms with E-state index in [9.17, 15) is 5.11 Å². The van der Waals surface area contributed by atoms with E-state index >= 15 is 0 Å². The van der Waals surface area contributed by atoms with Crippen LogP contribution >= 0.6 is 0 Å². The van der Waals surface area contributed by atoms with Gasteiger partial charge in [-0.05, 0) is 30.5 Å². The van der Waals surface area contributed by atoms with Gasteiger partial charge in [0.1, 0.15) is 0 Å². The standard InChI is InChI=1S/C17H14N2O/c1-10-13-8-14-12-4-2-3-5-16(12)19-17(14)15(9-20)11(13)6-7-18-10/h2-8,19-20H,9H2,1H3. The Morgan fingerprint density at radius 1 is 1.05 bits per heavy atom. The molecule has 2 aromatic carbocycles. The fourth-order valence-corrected chi connectivity index (χ4v) is 3.02. The van der Waals surface area contributed by atoms with E-state index in [0.717, 1.165) is 38.4 Å². The molecule has 0 fully saturated rings. The van der Waals surface area contributed by atoms with Gasteiger partial charge in [0.15, 0.2) is 0 Å². The number of aliphatic hydroxyl groups is 1. The molecule has 2 N–H and O–H groups in total. The minimum atomic E-state index is 0.0180. The second-order valence-corrected chi connectivity index (χ2v) is 5.10. The number of para-hydroxylation sites is 1. The molecule has 0 atom stereocenters. The first-order valence-electron chi connectivity index (χ1n) is 6.68. The molecular weight excluding hydrogens is 248 g/mol. The first-order chi connectivity index (χ1) is 9.79. The summed E-state index contributed by atoms with van der Waals surface area (Å²) in [5, 5.41) is 14.3. The molecule has 2 heterocycles. The minimum Gasteiger partial charge on any atom is -0.392 e. The van der Waals surface area contributed by atoms with Gasteiger partial charge >= 0.3 is 0 Å². The molecular formula is C17H14N2O. The van der Waals surface area contributed by atoms with Crippen LogP contribution in [0.15, 0.2) is 42.6 Å². The van der Waals surface area contributed by atoms with Crippen molar-refractivity contribution < 1.29 is 5.11 Å². The zero-order valence-electron chi connectivity index (χ0n) is 11.1. The highest BCUT2D eigenvalue weighted by Gasteiger charge is 2.12. The molecule has 20 heavy (non-hydrogen) atoms. The van der Waals surface area contributed by atoms with E-state index in [-0.39, 0.29) is 6.61 Å². The third-order valence-corrected chi connectivity index (χ3v) is 4.01. The molecule has 0 aliphatic carbocycles. The number of fused-ring (bicyclic) bond motifs is 4. The van der Waals surface area contributed by atoms with Gasteiger partial charge in [-0.2, -0.15) is 0 Å². The monoisotopic (exact) mass is 262 g/mol. The summed E-state index contributed by atoms with van der Waals surface area (Å²) in [5.41, 5.74) is 4.05. The summed E-state index contributed by atoms with van der Waals surface area (Å²) >= 11 is 0. The van der Waals surface area contributed by atoms with E-state index in [1.807, 2.05) is 25.1 Å². The van der Waals surface area contributed by atoms with Crippen LogP contribution in [0.5, 0.6) is 0 Å². The number of aromatic nitrogens is 2. The SMILES string of the molecule is Cc1nccc2c(CO)c3[nH]c4ccccc4c3cc12. The molecule has 0 amide bonds. The summed E-state index contributed by atoms with van der Waals surface area (Å²) in [6, 6.07) is 12.4. The van der Waals surface area contributed by atoms with E-state index < -0.39 is 0 Å². The Hall–Kier alpha value is -2.39. The van der Waals surface area contributed by atoms with E-state index in [1.165, 1.54) is 5.39 Å². The number of aryl methyl sites for hydroxylation is 1. The maximum absolute atomic E-state index is 9.81. The van der Waals surface area contributed by atoms with Crippen LogP contribution in [0.25, 0.3) is 32.6 Å². The van der Waals surface area contributed by atoms with Crippen molar-refractivity contribution in [1.29, 1.82) is 0 Å². The highest BCUT2D eigenvalue weighted by atomic mass is 16.3. The van der Waals surface area contributed by atoms with Crippen LogP contribution in [0, 0.1) is 6.92 Å². The van der Waals surface area contributed by atoms with Crippen molar-refractivity contribution in [2.24, 2.45) is 0 Å². The summed E-state index contributed by atoms with van der Waals surface area (Å²) in [6.45, 7) is 2.02. The van der Waals surface area contributed by atoms with Gasteiger partial charge in [-0.25, -0.2) is 0 Å². The molecule has 0 saturated carbocycles. The smallest absolute Gasteiger partial charge is 0.0708 e. The van der Waals surface area contributed by atoms with Crippen molar-refractivity contribution in [1.82, 2.24) is 9.97 Å². The minimum absolute atomic E-state index is 0.0180. The maximum atomic E-state index is 9.81. The molecule has 4 rings (SSSR count). The number of nitrogens with zero attached hydrogens (tertiary/aromatic N) is 1. The van der Waals surface area contributed by atoms with E-state index in [4.69, 9.17) is 0 Å². The maximum Gasteiger partial charge on any atom is 0.0708 e. The lowest BCUT2D eigenvalue weighted by atomic mass is 10.00. The van der Waals surface area contributed by atoms with Crippen molar-refractivity contribution >= 4 is 32.6 Å². The summed E-state index contributed by atoms with van der Waals surface area (Å²) in [4.78, 5) is 7.79. The first-order valence-corrected chi connectivity index (χ1v) is 6.68. The molecule has 0 bridgehead atoms. The highest BCUT2D eigenvalue weighted by molar-refractivity contribution is 6.14. The normalized spacial score (nSPS) is 11.7. The number of aliphatic hydroxyl groups excluding tert-OH is 1. The van der Waals surface area contributed by atoms with Gasteiger partial charge in [-0.15, -0.1) is 0 Å². The second-order valence-electron chi connectivity index (χ2n) is 5.10. The average Bonchev–Trinajstić information content (AvgIpc) is 2.84. The average molecular weight is 262 g/mol. The van der Waals surface area contributed by atoms with Gasteiger partial charge in [0.05, 0.1) is 12.1 Å². The molecule has 98 valence electrons. The fourth-order valence-electron chi connectivity index (χ4n) is 3.02. The quantitative estimate of drug-likeness (QED) is 0.550. The topological polar surface area (TPSA) is 48.9 Å². The van der Waals surface area contributed by atoms with Gasteiger partial charge in [-0.3, -0.25) is 4.98 Å². The van der Waals surface area contributed by atoms with Crippen LogP contribution in [0.4, 0.5) is 0 Å². The molecule has 0 unspecified atom stereocenters. The molecule has 2 aromatic heterocycles. The number of hydrogen-bond acceptors (Lipinski definition) is 2. The number of benzene rings is 2. The number of nitrogens with one attached hydrogen (secondary N) is 1. The summed E-state index contributed by atoms with van der Waals surface area (Å²) < 4.78 is 0. The second kappa shape index (κ2) is 4.05. The number of H-pyrrole nitrogens is 1. The number of hydrogen-bond donors (Lipinski definition) is 2. The van der Waals surface area contributed by atoms with Crippen LogP contribution in [0.2, 0.25) is 0 Å². The molecule has 0 spiro atoms. The zero-order chi connectivity index (χ0) is 13.7. The Balaban J connectivity index is 2.32. The number of pyridine rings is 1. The van der Waals surface area contributed by atoms with Crippen molar-refractivity contribution in [2.75, 3.05) is 0 Å². The lowest BCUT2D eigenvalue weighted by molar-refractivity contribution is 0.284. The number of aromatic amines is 1. The molecule has 3 nitrogen and oxygen atoms in total. The van der Waals surface area contributed by atoms with Crippen LogP contribution < -0.4 is 0 Å². The Morgan fingerprint density at radius 3 is 2.75 bits per heavy atom. The lowest BCUT2D eigenvalue weighted by Crippen LogP contribution is -1.91. The van der Waals surface area contributed by atoms with Gasteiger partial charge < -0.3 is 10.1 Å². The third-order valence-electron chi connectivity index (χ3n) is 4.01. The number of rotatable bonds is 1. The van der Waals surface area contributed by atoms with Crippen molar-refractivity contribution in [3.05, 3.63) is 53.9 Å². The summed E-state index contributed by atoms with van der Waals surface area (Å²) in [7, 11) is 0. The molecule has 4 aromatic rings. The van der Waals surface area contributed by atoms with Gasteiger partial charge in [0.2, 0.25) is 0 Å². The molecule has 0 aliphatic rings. The van der Waals surface area contributed by atoms with E-state index in [1.54, 1.807) is 6.20 Å². The Labute approximate surface area is 115 Å². The zero-order valence-corrected chi connectivity index (χ0v) is 11.1. The molecule has 0 saturated heterocycles. The van der Waals surface area contributed by atoms with Gasteiger partial charge in [0, 0.05) is 39.1 Å². The van der Waals surface area contributed by atoms with E-state index in [2.05, 4.69) is 28.2 Å². The Morgan fingerprint density at radius 2 is 1.90 bits per heavy atom. The predicted octanol–water partition coefficient (Wildman–Crippen LogP) is 3.67. The summed E-state index contributed by atoms with van der Waals surface area (Å²) in [6.07, 6.45) is 1.80. The van der Waals surface area contributed by atoms with Crippen molar-refractivity contribution in [3.63, 3.8) is 0 Å². The summed E-state index contributed by atoms with van der Waals surface area (Å²) in [5.74, 6) is 0. The Kier molecular flexibility index (Phi) is 2.32. The van der Waals surface area contributed by atoms with Crippen LogP contribution in [0.3, 0.4) is 0 Å². The first kappa shape index (κ1) is 11.4. The molecule has 3 heteroatoms. The Bertz CT molecular complexity index is 953. The highest BCUT2D eigenvalue weighted by Crippen LogP contribution is 2.33. The van der Waals surface area contributed by atoms with Gasteiger partial charge in [-0.1, -0.05) is 18.2 Å². The van der Waals surface area contributed by atoms with Crippen molar-refractivity contribution in [2.45, 2.75) is 13.5 Å². The third kappa shape index (κ3) is 1.41. The van der Waals surface area contributed by atoms with Crippen LogP contribution in [-0.2, 0) is 6.61 Å². The van der Waals surface area contributed by atoms with Crippen LogP contribution in [-0.4, -0.2) is 15.1 Å². The van der Waals surface area contributed by atoms with Crippen molar-refractivity contribution in [3.8, 4) is 0 Å². The lowest BCUT2D eigenvalue weighted by Gasteiger charge is -2.08.